The highest BCUT2D eigenvalue weighted by molar-refractivity contribution is 5.24. The summed E-state index contributed by atoms with van der Waals surface area (Å²) in [6.07, 6.45) is -2.02. The average molecular weight is 289 g/mol. The van der Waals surface area contributed by atoms with Gasteiger partial charge in [0, 0.05) is 13.2 Å². The van der Waals surface area contributed by atoms with Crippen LogP contribution in [0.2, 0.25) is 0 Å². The summed E-state index contributed by atoms with van der Waals surface area (Å²) >= 11 is 0. The van der Waals surface area contributed by atoms with Crippen LogP contribution in [0.15, 0.2) is 24.3 Å². The standard InChI is InChI=1S/C15H22F3NO/c1-12(2)20-10-4-3-9-19-11-13-5-7-14(8-6-13)15(16,17)18/h5-8,12,19H,3-4,9-11H2,1-2H3. The minimum absolute atomic E-state index is 0.259. The maximum absolute atomic E-state index is 12.4. The third-order valence-corrected chi connectivity index (χ3v) is 2.81. The molecule has 1 aromatic carbocycles. The van der Waals surface area contributed by atoms with E-state index in [1.165, 1.54) is 12.1 Å². The van der Waals surface area contributed by atoms with E-state index >= 15 is 0 Å². The van der Waals surface area contributed by atoms with Gasteiger partial charge in [-0.3, -0.25) is 0 Å². The zero-order valence-electron chi connectivity index (χ0n) is 12.0. The Kier molecular flexibility index (Phi) is 7.02. The highest BCUT2D eigenvalue weighted by Gasteiger charge is 2.29. The third kappa shape index (κ3) is 6.91. The Morgan fingerprint density at radius 1 is 1.10 bits per heavy atom. The Morgan fingerprint density at radius 3 is 2.30 bits per heavy atom. The quantitative estimate of drug-likeness (QED) is 0.730. The smallest absolute Gasteiger partial charge is 0.379 e. The number of benzene rings is 1. The molecule has 0 unspecified atom stereocenters. The van der Waals surface area contributed by atoms with Gasteiger partial charge >= 0.3 is 6.18 Å². The van der Waals surface area contributed by atoms with Crippen molar-refractivity contribution in [1.29, 1.82) is 0 Å². The van der Waals surface area contributed by atoms with Gasteiger partial charge in [0.2, 0.25) is 0 Å². The monoisotopic (exact) mass is 289 g/mol. The van der Waals surface area contributed by atoms with Crippen LogP contribution in [0.1, 0.15) is 37.8 Å². The molecule has 1 aromatic rings. The van der Waals surface area contributed by atoms with Gasteiger partial charge in [0.15, 0.2) is 0 Å². The molecule has 0 aromatic heterocycles. The van der Waals surface area contributed by atoms with Crippen LogP contribution in [0, 0.1) is 0 Å². The van der Waals surface area contributed by atoms with Crippen LogP contribution in [-0.2, 0) is 17.5 Å². The highest BCUT2D eigenvalue weighted by atomic mass is 19.4. The molecule has 0 spiro atoms. The first-order chi connectivity index (χ1) is 9.39. The predicted octanol–water partition coefficient (Wildman–Crippen LogP) is 4.00. The number of unbranched alkanes of at least 4 members (excludes halogenated alkanes) is 1. The maximum Gasteiger partial charge on any atom is 0.416 e. The lowest BCUT2D eigenvalue weighted by Gasteiger charge is -2.09. The van der Waals surface area contributed by atoms with E-state index in [1.807, 2.05) is 13.8 Å². The lowest BCUT2D eigenvalue weighted by Crippen LogP contribution is -2.16. The molecule has 0 saturated carbocycles. The van der Waals surface area contributed by atoms with Crippen LogP contribution in [0.25, 0.3) is 0 Å². The molecule has 0 radical (unpaired) electrons. The summed E-state index contributed by atoms with van der Waals surface area (Å²) in [7, 11) is 0. The Morgan fingerprint density at radius 2 is 1.75 bits per heavy atom. The van der Waals surface area contributed by atoms with E-state index in [-0.39, 0.29) is 6.10 Å². The zero-order chi connectivity index (χ0) is 15.0. The van der Waals surface area contributed by atoms with E-state index in [9.17, 15) is 13.2 Å². The summed E-state index contributed by atoms with van der Waals surface area (Å²) in [6.45, 7) is 6.18. The number of ether oxygens (including phenoxy) is 1. The minimum Gasteiger partial charge on any atom is -0.379 e. The van der Waals surface area contributed by atoms with Crippen molar-refractivity contribution in [3.05, 3.63) is 35.4 Å². The molecule has 0 amide bonds. The molecule has 1 rings (SSSR count). The molecule has 0 fully saturated rings. The van der Waals surface area contributed by atoms with Gasteiger partial charge in [-0.2, -0.15) is 13.2 Å². The molecular formula is C15H22F3NO. The van der Waals surface area contributed by atoms with Gasteiger partial charge < -0.3 is 10.1 Å². The van der Waals surface area contributed by atoms with Gasteiger partial charge in [0.25, 0.3) is 0 Å². The van der Waals surface area contributed by atoms with Gasteiger partial charge in [-0.05, 0) is 50.9 Å². The molecule has 20 heavy (non-hydrogen) atoms. The minimum atomic E-state index is -4.26. The van der Waals surface area contributed by atoms with Crippen molar-refractivity contribution in [3.8, 4) is 0 Å². The van der Waals surface area contributed by atoms with E-state index in [0.29, 0.717) is 6.54 Å². The molecule has 0 atom stereocenters. The normalized spacial score (nSPS) is 12.1. The second-order valence-electron chi connectivity index (χ2n) is 5.00. The lowest BCUT2D eigenvalue weighted by molar-refractivity contribution is -0.137. The summed E-state index contributed by atoms with van der Waals surface area (Å²) in [4.78, 5) is 0. The third-order valence-electron chi connectivity index (χ3n) is 2.81. The van der Waals surface area contributed by atoms with Gasteiger partial charge in [-0.15, -0.1) is 0 Å². The second kappa shape index (κ2) is 8.27. The van der Waals surface area contributed by atoms with Crippen LogP contribution < -0.4 is 5.32 Å². The van der Waals surface area contributed by atoms with Crippen molar-refractivity contribution in [2.75, 3.05) is 13.2 Å². The van der Waals surface area contributed by atoms with Gasteiger partial charge in [0.05, 0.1) is 11.7 Å². The Bertz CT molecular complexity index is 374. The molecule has 0 heterocycles. The van der Waals surface area contributed by atoms with Crippen molar-refractivity contribution in [2.24, 2.45) is 0 Å². The van der Waals surface area contributed by atoms with Crippen LogP contribution in [0.3, 0.4) is 0 Å². The SMILES string of the molecule is CC(C)OCCCCNCc1ccc(C(F)(F)F)cc1. The summed E-state index contributed by atoms with van der Waals surface area (Å²) in [6, 6.07) is 5.26. The summed E-state index contributed by atoms with van der Waals surface area (Å²) in [5.41, 5.74) is 0.253. The summed E-state index contributed by atoms with van der Waals surface area (Å²) < 4.78 is 42.5. The number of rotatable bonds is 8. The molecule has 114 valence electrons. The van der Waals surface area contributed by atoms with Crippen molar-refractivity contribution in [2.45, 2.75) is 45.5 Å². The number of alkyl halides is 3. The van der Waals surface area contributed by atoms with E-state index in [4.69, 9.17) is 4.74 Å². The maximum atomic E-state index is 12.4. The molecular weight excluding hydrogens is 267 g/mol. The van der Waals surface area contributed by atoms with Gasteiger partial charge in [-0.1, -0.05) is 12.1 Å². The Hall–Kier alpha value is -1.07. The first kappa shape index (κ1) is 17.0. The molecule has 0 aliphatic carbocycles. The summed E-state index contributed by atoms with van der Waals surface area (Å²) in [5, 5.41) is 3.21. The van der Waals surface area contributed by atoms with E-state index < -0.39 is 11.7 Å². The van der Waals surface area contributed by atoms with Crippen LogP contribution in [-0.4, -0.2) is 19.3 Å². The van der Waals surface area contributed by atoms with Crippen LogP contribution in [0.4, 0.5) is 13.2 Å². The predicted molar refractivity (Wildman–Crippen MR) is 73.5 cm³/mol. The van der Waals surface area contributed by atoms with E-state index in [0.717, 1.165) is 43.7 Å². The highest BCUT2D eigenvalue weighted by Crippen LogP contribution is 2.28. The van der Waals surface area contributed by atoms with Gasteiger partial charge in [-0.25, -0.2) is 0 Å². The zero-order valence-corrected chi connectivity index (χ0v) is 12.0. The molecule has 0 aliphatic rings. The fourth-order valence-corrected chi connectivity index (χ4v) is 1.72. The number of hydrogen-bond acceptors (Lipinski definition) is 2. The molecule has 0 saturated heterocycles. The molecule has 0 bridgehead atoms. The fraction of sp³-hybridized carbons (Fsp3) is 0.600. The first-order valence-electron chi connectivity index (χ1n) is 6.88. The topological polar surface area (TPSA) is 21.3 Å². The number of nitrogens with one attached hydrogen (secondary N) is 1. The van der Waals surface area contributed by atoms with Crippen LogP contribution in [0.5, 0.6) is 0 Å². The van der Waals surface area contributed by atoms with E-state index in [1.54, 1.807) is 0 Å². The van der Waals surface area contributed by atoms with Crippen molar-refractivity contribution in [1.82, 2.24) is 5.32 Å². The van der Waals surface area contributed by atoms with Crippen molar-refractivity contribution in [3.63, 3.8) is 0 Å². The van der Waals surface area contributed by atoms with E-state index in [2.05, 4.69) is 5.32 Å². The lowest BCUT2D eigenvalue weighted by atomic mass is 10.1. The molecule has 0 aliphatic heterocycles. The second-order valence-corrected chi connectivity index (χ2v) is 5.00. The van der Waals surface area contributed by atoms with Crippen molar-refractivity contribution >= 4 is 0 Å². The average Bonchev–Trinajstić information content (AvgIpc) is 2.37. The molecule has 2 nitrogen and oxygen atoms in total. The number of hydrogen-bond donors (Lipinski definition) is 1. The summed E-state index contributed by atoms with van der Waals surface area (Å²) in [5.74, 6) is 0. The largest absolute Gasteiger partial charge is 0.416 e. The van der Waals surface area contributed by atoms with Crippen molar-refractivity contribution < 1.29 is 17.9 Å². The van der Waals surface area contributed by atoms with Gasteiger partial charge in [0.1, 0.15) is 0 Å². The van der Waals surface area contributed by atoms with Crippen LogP contribution >= 0.6 is 0 Å². The Labute approximate surface area is 118 Å². The first-order valence-corrected chi connectivity index (χ1v) is 6.88. The Balaban J connectivity index is 2.16. The molecule has 5 heteroatoms. The fourth-order valence-electron chi connectivity index (χ4n) is 1.72. The molecule has 1 N–H and O–H groups in total. The number of halogens is 3.